The van der Waals surface area contributed by atoms with Crippen molar-refractivity contribution >= 4 is 18.3 Å². The van der Waals surface area contributed by atoms with E-state index in [1.165, 1.54) is 0 Å². The maximum Gasteiger partial charge on any atom is 0.257 e. The summed E-state index contributed by atoms with van der Waals surface area (Å²) in [5.41, 5.74) is 2.51. The van der Waals surface area contributed by atoms with E-state index >= 15 is 0 Å². The van der Waals surface area contributed by atoms with Gasteiger partial charge in [-0.25, -0.2) is 0 Å². The van der Waals surface area contributed by atoms with Gasteiger partial charge in [-0.2, -0.15) is 5.10 Å². The number of hydrogen-bond donors (Lipinski definition) is 1. The van der Waals surface area contributed by atoms with Crippen LogP contribution in [0.1, 0.15) is 41.0 Å². The second-order valence-corrected chi connectivity index (χ2v) is 6.36. The van der Waals surface area contributed by atoms with Crippen LogP contribution < -0.4 is 5.32 Å². The van der Waals surface area contributed by atoms with Crippen molar-refractivity contribution in [3.8, 4) is 0 Å². The van der Waals surface area contributed by atoms with Gasteiger partial charge in [0.2, 0.25) is 0 Å². The largest absolute Gasteiger partial charge is 0.330 e. The third kappa shape index (κ3) is 4.58. The molecule has 0 aromatic carbocycles. The molecule has 1 unspecified atom stereocenters. The summed E-state index contributed by atoms with van der Waals surface area (Å²) in [5, 5.41) is 7.65. The molecule has 1 aliphatic rings. The molecule has 2 aromatic rings. The van der Waals surface area contributed by atoms with Gasteiger partial charge in [0.15, 0.2) is 0 Å². The molecule has 1 N–H and O–H groups in total. The predicted octanol–water partition coefficient (Wildman–Crippen LogP) is 2.33. The number of rotatable bonds is 4. The van der Waals surface area contributed by atoms with Crippen LogP contribution in [0.3, 0.4) is 0 Å². The average Bonchev–Trinajstić information content (AvgIpc) is 2.81. The Bertz CT molecular complexity index is 680. The Kier molecular flexibility index (Phi) is 6.96. The fraction of sp³-hybridized carbons (Fsp3) is 0.500. The zero-order valence-corrected chi connectivity index (χ0v) is 15.6. The van der Waals surface area contributed by atoms with E-state index in [2.05, 4.69) is 15.4 Å². The first-order chi connectivity index (χ1) is 11.7. The SMILES string of the molecule is Cc1c(C(=O)N(Cc2ccccn2)C2CCCNCC2)cnn1C.Cl. The molecule has 0 saturated carbocycles. The number of carbonyl (C=O) groups excluding carboxylic acids is 1. The Morgan fingerprint density at radius 3 is 2.88 bits per heavy atom. The molecule has 1 saturated heterocycles. The van der Waals surface area contributed by atoms with Gasteiger partial charge in [0.1, 0.15) is 0 Å². The van der Waals surface area contributed by atoms with Crippen LogP contribution >= 0.6 is 12.4 Å². The van der Waals surface area contributed by atoms with Crippen molar-refractivity contribution in [3.63, 3.8) is 0 Å². The van der Waals surface area contributed by atoms with Crippen molar-refractivity contribution < 1.29 is 4.79 Å². The highest BCUT2D eigenvalue weighted by Crippen LogP contribution is 2.20. The van der Waals surface area contributed by atoms with Crippen molar-refractivity contribution in [2.24, 2.45) is 7.05 Å². The quantitative estimate of drug-likeness (QED) is 0.905. The number of halogens is 1. The van der Waals surface area contributed by atoms with Crippen LogP contribution in [-0.4, -0.2) is 44.7 Å². The Hall–Kier alpha value is -1.92. The van der Waals surface area contributed by atoms with E-state index in [-0.39, 0.29) is 24.4 Å². The van der Waals surface area contributed by atoms with E-state index in [0.29, 0.717) is 12.1 Å². The third-order valence-electron chi connectivity index (χ3n) is 4.77. The van der Waals surface area contributed by atoms with E-state index in [1.54, 1.807) is 17.1 Å². The summed E-state index contributed by atoms with van der Waals surface area (Å²) in [7, 11) is 1.87. The monoisotopic (exact) mass is 363 g/mol. The highest BCUT2D eigenvalue weighted by Gasteiger charge is 2.28. The molecule has 2 aromatic heterocycles. The number of aromatic nitrogens is 3. The first kappa shape index (κ1) is 19.4. The fourth-order valence-corrected chi connectivity index (χ4v) is 3.21. The fourth-order valence-electron chi connectivity index (χ4n) is 3.21. The molecule has 7 heteroatoms. The predicted molar refractivity (Wildman–Crippen MR) is 99.8 cm³/mol. The maximum atomic E-state index is 13.2. The zero-order valence-electron chi connectivity index (χ0n) is 14.8. The van der Waals surface area contributed by atoms with Gasteiger partial charge in [-0.1, -0.05) is 6.07 Å². The van der Waals surface area contributed by atoms with Crippen LogP contribution in [0.25, 0.3) is 0 Å². The maximum absolute atomic E-state index is 13.2. The van der Waals surface area contributed by atoms with Crippen LogP contribution in [0.4, 0.5) is 0 Å². The van der Waals surface area contributed by atoms with Crippen molar-refractivity contribution in [3.05, 3.63) is 47.5 Å². The minimum absolute atomic E-state index is 0. The lowest BCUT2D eigenvalue weighted by molar-refractivity contribution is 0.0641. The minimum atomic E-state index is 0. The minimum Gasteiger partial charge on any atom is -0.330 e. The summed E-state index contributed by atoms with van der Waals surface area (Å²) in [4.78, 5) is 19.6. The summed E-state index contributed by atoms with van der Waals surface area (Å²) >= 11 is 0. The van der Waals surface area contributed by atoms with Gasteiger partial charge in [-0.3, -0.25) is 14.5 Å². The highest BCUT2D eigenvalue weighted by atomic mass is 35.5. The van der Waals surface area contributed by atoms with E-state index in [4.69, 9.17) is 0 Å². The van der Waals surface area contributed by atoms with Crippen LogP contribution in [0, 0.1) is 6.92 Å². The van der Waals surface area contributed by atoms with Crippen LogP contribution in [0.15, 0.2) is 30.6 Å². The molecule has 1 amide bonds. The lowest BCUT2D eigenvalue weighted by Crippen LogP contribution is -2.40. The number of nitrogens with one attached hydrogen (secondary N) is 1. The molecule has 1 aliphatic heterocycles. The van der Waals surface area contributed by atoms with Gasteiger partial charge in [0, 0.05) is 25.0 Å². The number of carbonyl (C=O) groups is 1. The Labute approximate surface area is 155 Å². The molecule has 1 atom stereocenters. The van der Waals surface area contributed by atoms with Crippen molar-refractivity contribution in [2.45, 2.75) is 38.8 Å². The molecular formula is C18H26ClN5O. The molecule has 25 heavy (non-hydrogen) atoms. The number of pyridine rings is 1. The van der Waals surface area contributed by atoms with E-state index < -0.39 is 0 Å². The summed E-state index contributed by atoms with van der Waals surface area (Å²) in [5.74, 6) is 0.0538. The van der Waals surface area contributed by atoms with Gasteiger partial charge in [-0.05, 0) is 51.4 Å². The third-order valence-corrected chi connectivity index (χ3v) is 4.77. The van der Waals surface area contributed by atoms with E-state index in [1.807, 2.05) is 37.1 Å². The van der Waals surface area contributed by atoms with Gasteiger partial charge in [0.05, 0.1) is 24.0 Å². The summed E-state index contributed by atoms with van der Waals surface area (Å²) in [6.07, 6.45) is 6.53. The molecule has 136 valence electrons. The Morgan fingerprint density at radius 2 is 2.20 bits per heavy atom. The average molecular weight is 364 g/mol. The van der Waals surface area contributed by atoms with Crippen molar-refractivity contribution in [1.29, 1.82) is 0 Å². The van der Waals surface area contributed by atoms with Gasteiger partial charge >= 0.3 is 0 Å². The van der Waals surface area contributed by atoms with Crippen LogP contribution in [0.2, 0.25) is 0 Å². The Balaban J connectivity index is 0.00000225. The lowest BCUT2D eigenvalue weighted by Gasteiger charge is -2.31. The second kappa shape index (κ2) is 8.97. The summed E-state index contributed by atoms with van der Waals surface area (Å²) in [6.45, 7) is 4.45. The molecule has 0 spiro atoms. The topological polar surface area (TPSA) is 63.1 Å². The highest BCUT2D eigenvalue weighted by molar-refractivity contribution is 5.95. The van der Waals surface area contributed by atoms with E-state index in [0.717, 1.165) is 43.7 Å². The van der Waals surface area contributed by atoms with E-state index in [9.17, 15) is 4.79 Å². The molecule has 0 aliphatic carbocycles. The molecule has 3 rings (SSSR count). The smallest absolute Gasteiger partial charge is 0.257 e. The van der Waals surface area contributed by atoms with Gasteiger partial charge < -0.3 is 10.2 Å². The summed E-state index contributed by atoms with van der Waals surface area (Å²) in [6, 6.07) is 6.07. The second-order valence-electron chi connectivity index (χ2n) is 6.36. The number of hydrogen-bond acceptors (Lipinski definition) is 4. The molecule has 1 fully saturated rings. The first-order valence-corrected chi connectivity index (χ1v) is 8.57. The zero-order chi connectivity index (χ0) is 16.9. The van der Waals surface area contributed by atoms with Crippen molar-refractivity contribution in [1.82, 2.24) is 25.0 Å². The standard InChI is InChI=1S/C18H25N5O.ClH/c1-14-17(12-21-22(14)2)18(24)23(13-15-6-3-4-10-20-15)16-7-5-9-19-11-8-16;/h3-4,6,10,12,16,19H,5,7-9,11,13H2,1-2H3;1H. The van der Waals surface area contributed by atoms with Crippen LogP contribution in [0.5, 0.6) is 0 Å². The number of amides is 1. The van der Waals surface area contributed by atoms with Gasteiger partial charge in [-0.15, -0.1) is 12.4 Å². The van der Waals surface area contributed by atoms with Crippen LogP contribution in [-0.2, 0) is 13.6 Å². The number of aryl methyl sites for hydroxylation is 1. The Morgan fingerprint density at radius 1 is 1.36 bits per heavy atom. The molecular weight excluding hydrogens is 338 g/mol. The lowest BCUT2D eigenvalue weighted by atomic mass is 10.1. The molecule has 0 radical (unpaired) electrons. The molecule has 6 nitrogen and oxygen atoms in total. The molecule has 0 bridgehead atoms. The van der Waals surface area contributed by atoms with Gasteiger partial charge in [0.25, 0.3) is 5.91 Å². The normalized spacial score (nSPS) is 17.4. The first-order valence-electron chi connectivity index (χ1n) is 8.57. The number of nitrogens with zero attached hydrogens (tertiary/aromatic N) is 4. The van der Waals surface area contributed by atoms with Crippen molar-refractivity contribution in [2.75, 3.05) is 13.1 Å². The molecule has 3 heterocycles. The summed E-state index contributed by atoms with van der Waals surface area (Å²) < 4.78 is 1.75.